The van der Waals surface area contributed by atoms with E-state index in [2.05, 4.69) is 5.32 Å². The van der Waals surface area contributed by atoms with Crippen LogP contribution in [0.5, 0.6) is 0 Å². The molecule has 1 aliphatic heterocycles. The summed E-state index contributed by atoms with van der Waals surface area (Å²) < 4.78 is 0. The van der Waals surface area contributed by atoms with Crippen molar-refractivity contribution in [2.24, 2.45) is 0 Å². The van der Waals surface area contributed by atoms with Gasteiger partial charge in [-0.25, -0.2) is 0 Å². The second-order valence-electron chi connectivity index (χ2n) is 3.93. The fourth-order valence-electron chi connectivity index (χ4n) is 2.13. The average molecular weight is 241 g/mol. The van der Waals surface area contributed by atoms with Crippen LogP contribution in [0.1, 0.15) is 30.9 Å². The lowest BCUT2D eigenvalue weighted by Crippen LogP contribution is -2.27. The van der Waals surface area contributed by atoms with Gasteiger partial charge in [0.05, 0.1) is 15.5 Å². The minimum absolute atomic E-state index is 0.0165. The zero-order valence-corrected chi connectivity index (χ0v) is 9.54. The molecule has 16 heavy (non-hydrogen) atoms. The highest BCUT2D eigenvalue weighted by atomic mass is 35.5. The lowest BCUT2D eigenvalue weighted by atomic mass is 9.96. The highest BCUT2D eigenvalue weighted by molar-refractivity contribution is 6.31. The number of nitro benzene ring substituents is 1. The fourth-order valence-corrected chi connectivity index (χ4v) is 2.43. The Balaban J connectivity index is 2.40. The molecule has 1 atom stereocenters. The van der Waals surface area contributed by atoms with Gasteiger partial charge in [0, 0.05) is 12.1 Å². The maximum Gasteiger partial charge on any atom is 0.275 e. The second kappa shape index (κ2) is 4.80. The molecule has 0 aliphatic carbocycles. The first kappa shape index (κ1) is 11.4. The van der Waals surface area contributed by atoms with E-state index >= 15 is 0 Å². The normalized spacial score (nSPS) is 20.7. The molecule has 1 N–H and O–H groups in total. The number of rotatable bonds is 2. The third-order valence-electron chi connectivity index (χ3n) is 2.89. The molecule has 1 aliphatic rings. The van der Waals surface area contributed by atoms with Gasteiger partial charge in [-0.2, -0.15) is 0 Å². The zero-order valence-electron chi connectivity index (χ0n) is 8.78. The Bertz CT molecular complexity index is 403. The van der Waals surface area contributed by atoms with E-state index in [4.69, 9.17) is 11.6 Å². The molecule has 0 aromatic heterocycles. The van der Waals surface area contributed by atoms with E-state index in [1.807, 2.05) is 0 Å². The molecule has 1 aromatic rings. The smallest absolute Gasteiger partial charge is 0.275 e. The fraction of sp³-hybridized carbons (Fsp3) is 0.455. The Kier molecular flexibility index (Phi) is 3.41. The van der Waals surface area contributed by atoms with Crippen LogP contribution in [0, 0.1) is 10.1 Å². The van der Waals surface area contributed by atoms with Crippen LogP contribution in [0.15, 0.2) is 18.2 Å². The summed E-state index contributed by atoms with van der Waals surface area (Å²) in [6, 6.07) is 4.85. The number of nitrogens with zero attached hydrogens (tertiary/aromatic N) is 1. The predicted octanol–water partition coefficient (Wildman–Crippen LogP) is 3.06. The third-order valence-corrected chi connectivity index (χ3v) is 3.21. The highest BCUT2D eigenvalue weighted by Gasteiger charge is 2.25. The minimum atomic E-state index is -0.364. The lowest BCUT2D eigenvalue weighted by Gasteiger charge is -2.24. The largest absolute Gasteiger partial charge is 0.310 e. The van der Waals surface area contributed by atoms with Crippen LogP contribution in [-0.2, 0) is 0 Å². The average Bonchev–Trinajstić information content (AvgIpc) is 2.29. The Labute approximate surface area is 98.8 Å². The lowest BCUT2D eigenvalue weighted by molar-refractivity contribution is -0.385. The molecule has 0 saturated carbocycles. The minimum Gasteiger partial charge on any atom is -0.310 e. The van der Waals surface area contributed by atoms with Gasteiger partial charge < -0.3 is 5.32 Å². The van der Waals surface area contributed by atoms with Crippen LogP contribution in [0.4, 0.5) is 5.69 Å². The number of halogens is 1. The van der Waals surface area contributed by atoms with Gasteiger partial charge in [0.15, 0.2) is 0 Å². The van der Waals surface area contributed by atoms with Gasteiger partial charge in [-0.3, -0.25) is 10.1 Å². The number of nitro groups is 1. The van der Waals surface area contributed by atoms with Crippen LogP contribution in [0.3, 0.4) is 0 Å². The van der Waals surface area contributed by atoms with Crippen LogP contribution in [-0.4, -0.2) is 11.5 Å². The van der Waals surface area contributed by atoms with E-state index in [0.29, 0.717) is 10.6 Å². The standard InChI is InChI=1S/C11H13ClN2O2/c12-8-4-3-6-10(14(15)16)11(8)9-5-1-2-7-13-9/h3-4,6,9,13H,1-2,5,7H2. The highest BCUT2D eigenvalue weighted by Crippen LogP contribution is 2.35. The van der Waals surface area contributed by atoms with E-state index in [1.54, 1.807) is 12.1 Å². The maximum atomic E-state index is 10.9. The Hall–Kier alpha value is -1.13. The van der Waals surface area contributed by atoms with Crippen molar-refractivity contribution in [2.75, 3.05) is 6.54 Å². The van der Waals surface area contributed by atoms with Crippen LogP contribution in [0.2, 0.25) is 5.02 Å². The first-order chi connectivity index (χ1) is 7.70. The topological polar surface area (TPSA) is 55.2 Å². The Morgan fingerprint density at radius 1 is 1.44 bits per heavy atom. The van der Waals surface area contributed by atoms with E-state index in [0.717, 1.165) is 25.8 Å². The molecule has 1 unspecified atom stereocenters. The molecule has 86 valence electrons. The first-order valence-electron chi connectivity index (χ1n) is 5.36. The molecule has 5 heteroatoms. The number of nitrogens with one attached hydrogen (secondary N) is 1. The summed E-state index contributed by atoms with van der Waals surface area (Å²) in [7, 11) is 0. The third kappa shape index (κ3) is 2.18. The molecule has 1 aromatic carbocycles. The van der Waals surface area contributed by atoms with E-state index in [1.165, 1.54) is 6.07 Å². The summed E-state index contributed by atoms with van der Waals surface area (Å²) in [5, 5.41) is 14.7. The van der Waals surface area contributed by atoms with Crippen LogP contribution < -0.4 is 5.32 Å². The SMILES string of the molecule is O=[N+]([O-])c1cccc(Cl)c1C1CCCCN1. The van der Waals surface area contributed by atoms with E-state index in [-0.39, 0.29) is 16.7 Å². The van der Waals surface area contributed by atoms with E-state index < -0.39 is 0 Å². The molecular weight excluding hydrogens is 228 g/mol. The number of benzene rings is 1. The molecule has 0 spiro atoms. The molecule has 4 nitrogen and oxygen atoms in total. The van der Waals surface area contributed by atoms with Gasteiger partial charge >= 0.3 is 0 Å². The van der Waals surface area contributed by atoms with E-state index in [9.17, 15) is 10.1 Å². The van der Waals surface area contributed by atoms with Crippen molar-refractivity contribution in [3.05, 3.63) is 38.9 Å². The maximum absolute atomic E-state index is 10.9. The van der Waals surface area contributed by atoms with Crippen molar-refractivity contribution < 1.29 is 4.92 Å². The summed E-state index contributed by atoms with van der Waals surface area (Å²) in [6.45, 7) is 0.896. The Morgan fingerprint density at radius 3 is 2.88 bits per heavy atom. The van der Waals surface area contributed by atoms with Crippen molar-refractivity contribution in [2.45, 2.75) is 25.3 Å². The molecule has 0 amide bonds. The second-order valence-corrected chi connectivity index (χ2v) is 4.34. The van der Waals surface area contributed by atoms with Crippen molar-refractivity contribution in [3.63, 3.8) is 0 Å². The molecule has 2 rings (SSSR count). The summed E-state index contributed by atoms with van der Waals surface area (Å²) in [5.74, 6) is 0. The van der Waals surface area contributed by atoms with Crippen molar-refractivity contribution in [1.82, 2.24) is 5.32 Å². The molecule has 0 bridgehead atoms. The predicted molar refractivity (Wildman–Crippen MR) is 62.7 cm³/mol. The van der Waals surface area contributed by atoms with Crippen LogP contribution >= 0.6 is 11.6 Å². The van der Waals surface area contributed by atoms with Gasteiger partial charge in [0.25, 0.3) is 5.69 Å². The summed E-state index contributed by atoms with van der Waals surface area (Å²) in [6.07, 6.45) is 3.11. The van der Waals surface area contributed by atoms with Gasteiger partial charge in [0.1, 0.15) is 0 Å². The van der Waals surface area contributed by atoms with Gasteiger partial charge in [-0.05, 0) is 25.5 Å². The van der Waals surface area contributed by atoms with Crippen molar-refractivity contribution >= 4 is 17.3 Å². The van der Waals surface area contributed by atoms with Crippen molar-refractivity contribution in [1.29, 1.82) is 0 Å². The quantitative estimate of drug-likeness (QED) is 0.639. The summed E-state index contributed by atoms with van der Waals surface area (Å²) in [4.78, 5) is 10.6. The summed E-state index contributed by atoms with van der Waals surface area (Å²) in [5.41, 5.74) is 0.751. The van der Waals surface area contributed by atoms with Gasteiger partial charge in [0.2, 0.25) is 0 Å². The molecule has 1 fully saturated rings. The Morgan fingerprint density at radius 2 is 2.25 bits per heavy atom. The van der Waals surface area contributed by atoms with Gasteiger partial charge in [-0.15, -0.1) is 0 Å². The number of hydrogen-bond acceptors (Lipinski definition) is 3. The molecule has 1 heterocycles. The monoisotopic (exact) mass is 240 g/mol. The first-order valence-corrected chi connectivity index (χ1v) is 5.74. The number of hydrogen-bond donors (Lipinski definition) is 1. The number of piperidine rings is 1. The van der Waals surface area contributed by atoms with Crippen LogP contribution in [0.25, 0.3) is 0 Å². The van der Waals surface area contributed by atoms with Crippen molar-refractivity contribution in [3.8, 4) is 0 Å². The summed E-state index contributed by atoms with van der Waals surface area (Å²) >= 11 is 6.06. The molecule has 1 saturated heterocycles. The zero-order chi connectivity index (χ0) is 11.5. The van der Waals surface area contributed by atoms with Gasteiger partial charge in [-0.1, -0.05) is 24.1 Å². The molecular formula is C11H13ClN2O2. The molecule has 0 radical (unpaired) electrons.